The summed E-state index contributed by atoms with van der Waals surface area (Å²) in [4.78, 5) is 0. The zero-order chi connectivity index (χ0) is 9.97. The lowest BCUT2D eigenvalue weighted by atomic mass is 10.1. The Balaban J connectivity index is 2.05. The summed E-state index contributed by atoms with van der Waals surface area (Å²) in [7, 11) is 0. The van der Waals surface area contributed by atoms with Crippen LogP contribution in [0.1, 0.15) is 18.4 Å². The van der Waals surface area contributed by atoms with Gasteiger partial charge in [-0.15, -0.1) is 0 Å². The molecule has 1 aliphatic carbocycles. The average Bonchev–Trinajstić information content (AvgIpc) is 2.97. The van der Waals surface area contributed by atoms with Gasteiger partial charge >= 0.3 is 0 Å². The molecule has 1 aromatic carbocycles. The highest BCUT2D eigenvalue weighted by atomic mass is 14.9. The molecule has 1 aromatic rings. The molecule has 2 rings (SSSR count). The van der Waals surface area contributed by atoms with Crippen molar-refractivity contribution in [3.63, 3.8) is 0 Å². The summed E-state index contributed by atoms with van der Waals surface area (Å²) in [5.41, 5.74) is 2.28. The number of hydrogen-bond donors (Lipinski definition) is 1. The zero-order valence-corrected chi connectivity index (χ0v) is 8.33. The van der Waals surface area contributed by atoms with Crippen LogP contribution in [0.5, 0.6) is 0 Å². The van der Waals surface area contributed by atoms with Gasteiger partial charge in [0.15, 0.2) is 0 Å². The lowest BCUT2D eigenvalue weighted by Gasteiger charge is -2.11. The molecule has 0 radical (unpaired) electrons. The second-order valence-corrected chi connectivity index (χ2v) is 3.96. The molecule has 72 valence electrons. The van der Waals surface area contributed by atoms with Gasteiger partial charge in [-0.05, 0) is 43.4 Å². The summed E-state index contributed by atoms with van der Waals surface area (Å²) < 4.78 is 0. The van der Waals surface area contributed by atoms with E-state index in [-0.39, 0.29) is 6.04 Å². The minimum atomic E-state index is -0.00296. The van der Waals surface area contributed by atoms with E-state index in [1.54, 1.807) is 0 Å². The summed E-state index contributed by atoms with van der Waals surface area (Å²) >= 11 is 0. The number of nitriles is 1. The molecule has 0 saturated heterocycles. The maximum absolute atomic E-state index is 8.95. The third-order valence-corrected chi connectivity index (χ3v) is 2.57. The van der Waals surface area contributed by atoms with Crippen LogP contribution < -0.4 is 5.32 Å². The minimum Gasteiger partial charge on any atom is -0.370 e. The maximum atomic E-state index is 8.95. The maximum Gasteiger partial charge on any atom is 0.117 e. The van der Waals surface area contributed by atoms with Gasteiger partial charge in [0, 0.05) is 5.69 Å². The van der Waals surface area contributed by atoms with Gasteiger partial charge in [0.25, 0.3) is 0 Å². The van der Waals surface area contributed by atoms with Crippen LogP contribution in [0.3, 0.4) is 0 Å². The molecule has 1 saturated carbocycles. The summed E-state index contributed by atoms with van der Waals surface area (Å²) in [6, 6.07) is 10.5. The Kier molecular flexibility index (Phi) is 2.41. The summed E-state index contributed by atoms with van der Waals surface area (Å²) in [5.74, 6) is 0.570. The van der Waals surface area contributed by atoms with Crippen LogP contribution in [-0.4, -0.2) is 6.04 Å². The number of rotatable bonds is 3. The first-order valence-corrected chi connectivity index (χ1v) is 5.02. The van der Waals surface area contributed by atoms with E-state index in [2.05, 4.69) is 30.4 Å². The topological polar surface area (TPSA) is 35.8 Å². The van der Waals surface area contributed by atoms with Crippen LogP contribution in [0.4, 0.5) is 5.69 Å². The van der Waals surface area contributed by atoms with Gasteiger partial charge in [-0.2, -0.15) is 5.26 Å². The molecule has 2 nitrogen and oxygen atoms in total. The highest BCUT2D eigenvalue weighted by Gasteiger charge is 2.31. The van der Waals surface area contributed by atoms with Crippen molar-refractivity contribution >= 4 is 5.69 Å². The molecule has 0 aromatic heterocycles. The Morgan fingerprint density at radius 3 is 2.86 bits per heavy atom. The molecule has 1 aliphatic rings. The van der Waals surface area contributed by atoms with Crippen LogP contribution in [-0.2, 0) is 0 Å². The first-order valence-electron chi connectivity index (χ1n) is 5.02. The Bertz CT molecular complexity index is 361. The van der Waals surface area contributed by atoms with Crippen molar-refractivity contribution in [2.45, 2.75) is 25.8 Å². The summed E-state index contributed by atoms with van der Waals surface area (Å²) in [6.45, 7) is 2.06. The van der Waals surface area contributed by atoms with Crippen molar-refractivity contribution in [1.82, 2.24) is 0 Å². The van der Waals surface area contributed by atoms with E-state index in [9.17, 15) is 0 Å². The molecule has 1 atom stereocenters. The van der Waals surface area contributed by atoms with Crippen LogP contribution in [0.2, 0.25) is 0 Å². The molecule has 0 bridgehead atoms. The molecule has 0 amide bonds. The summed E-state index contributed by atoms with van der Waals surface area (Å²) in [5, 5.41) is 12.2. The number of aryl methyl sites for hydroxylation is 1. The van der Waals surface area contributed by atoms with Gasteiger partial charge in [-0.25, -0.2) is 0 Å². The second-order valence-electron chi connectivity index (χ2n) is 3.96. The molecule has 1 unspecified atom stereocenters. The van der Waals surface area contributed by atoms with E-state index in [1.165, 1.54) is 18.4 Å². The molecule has 0 aliphatic heterocycles. The predicted molar refractivity (Wildman–Crippen MR) is 56.9 cm³/mol. The van der Waals surface area contributed by atoms with Crippen molar-refractivity contribution in [3.8, 4) is 6.07 Å². The fourth-order valence-corrected chi connectivity index (χ4v) is 1.60. The van der Waals surface area contributed by atoms with Gasteiger partial charge in [-0.1, -0.05) is 12.1 Å². The monoisotopic (exact) mass is 186 g/mol. The Hall–Kier alpha value is -1.49. The molecule has 2 heteroatoms. The zero-order valence-electron chi connectivity index (χ0n) is 8.33. The molecule has 0 spiro atoms. The number of benzene rings is 1. The first kappa shape index (κ1) is 9.08. The third kappa shape index (κ3) is 2.05. The lowest BCUT2D eigenvalue weighted by molar-refractivity contribution is 0.767. The molecule has 1 fully saturated rings. The highest BCUT2D eigenvalue weighted by Crippen LogP contribution is 2.33. The van der Waals surface area contributed by atoms with E-state index in [0.29, 0.717) is 5.92 Å². The van der Waals surface area contributed by atoms with Crippen LogP contribution in [0.25, 0.3) is 0 Å². The van der Waals surface area contributed by atoms with Crippen molar-refractivity contribution in [2.75, 3.05) is 5.32 Å². The summed E-state index contributed by atoms with van der Waals surface area (Å²) in [6.07, 6.45) is 2.38. The molecule has 0 heterocycles. The lowest BCUT2D eigenvalue weighted by Crippen LogP contribution is -2.19. The van der Waals surface area contributed by atoms with Crippen molar-refractivity contribution in [3.05, 3.63) is 29.8 Å². The predicted octanol–water partition coefficient (Wildman–Crippen LogP) is 2.71. The van der Waals surface area contributed by atoms with E-state index in [1.807, 2.05) is 12.1 Å². The quantitative estimate of drug-likeness (QED) is 0.787. The number of hydrogen-bond acceptors (Lipinski definition) is 2. The fraction of sp³-hybridized carbons (Fsp3) is 0.417. The average molecular weight is 186 g/mol. The van der Waals surface area contributed by atoms with Gasteiger partial charge in [0.1, 0.15) is 6.04 Å². The third-order valence-electron chi connectivity index (χ3n) is 2.57. The first-order chi connectivity index (χ1) is 6.79. The number of anilines is 1. The Morgan fingerprint density at radius 1 is 1.50 bits per heavy atom. The van der Waals surface area contributed by atoms with Gasteiger partial charge in [0.05, 0.1) is 6.07 Å². The number of nitrogens with one attached hydrogen (secondary N) is 1. The standard InChI is InChI=1S/C12H14N2/c1-9-3-2-4-11(7-9)14-12(8-13)10-5-6-10/h2-4,7,10,12,14H,5-6H2,1H3. The fourth-order valence-electron chi connectivity index (χ4n) is 1.60. The highest BCUT2D eigenvalue weighted by molar-refractivity contribution is 5.47. The van der Waals surface area contributed by atoms with Gasteiger partial charge < -0.3 is 5.32 Å². The van der Waals surface area contributed by atoms with E-state index in [4.69, 9.17) is 5.26 Å². The van der Waals surface area contributed by atoms with Gasteiger partial charge in [0.2, 0.25) is 0 Å². The molecule has 1 N–H and O–H groups in total. The van der Waals surface area contributed by atoms with Crippen LogP contribution in [0.15, 0.2) is 24.3 Å². The molecule has 14 heavy (non-hydrogen) atoms. The SMILES string of the molecule is Cc1cccc(NC(C#N)C2CC2)c1. The van der Waals surface area contributed by atoms with E-state index in [0.717, 1.165) is 5.69 Å². The van der Waals surface area contributed by atoms with E-state index < -0.39 is 0 Å². The smallest absolute Gasteiger partial charge is 0.117 e. The molecular weight excluding hydrogens is 172 g/mol. The largest absolute Gasteiger partial charge is 0.370 e. The molecular formula is C12H14N2. The van der Waals surface area contributed by atoms with Crippen molar-refractivity contribution < 1.29 is 0 Å². The normalized spacial score (nSPS) is 17.1. The van der Waals surface area contributed by atoms with Crippen LogP contribution >= 0.6 is 0 Å². The van der Waals surface area contributed by atoms with Gasteiger partial charge in [-0.3, -0.25) is 0 Å². The van der Waals surface area contributed by atoms with Crippen molar-refractivity contribution in [2.24, 2.45) is 5.92 Å². The Labute approximate surface area is 84.6 Å². The van der Waals surface area contributed by atoms with E-state index >= 15 is 0 Å². The van der Waals surface area contributed by atoms with Crippen LogP contribution in [0, 0.1) is 24.2 Å². The Morgan fingerprint density at radius 2 is 2.29 bits per heavy atom. The number of nitrogens with zero attached hydrogens (tertiary/aromatic N) is 1. The minimum absolute atomic E-state index is 0.00296. The second kappa shape index (κ2) is 3.71. The van der Waals surface area contributed by atoms with Crippen molar-refractivity contribution in [1.29, 1.82) is 5.26 Å².